The number of unbranched alkanes of at least 4 members (excludes halogenated alkanes) is 2. The van der Waals surface area contributed by atoms with Gasteiger partial charge in [-0.05, 0) is 80.2 Å². The van der Waals surface area contributed by atoms with Crippen molar-refractivity contribution in [3.05, 3.63) is 59.7 Å². The fourth-order valence-electron chi connectivity index (χ4n) is 5.91. The lowest BCUT2D eigenvalue weighted by Gasteiger charge is -2.39. The number of esters is 2. The highest BCUT2D eigenvalue weighted by molar-refractivity contribution is 5.88. The topological polar surface area (TPSA) is 102 Å². The minimum absolute atomic E-state index is 0.0251. The monoisotopic (exact) mass is 556 g/mol. The number of hydrogen-bond acceptors (Lipinski definition) is 7. The van der Waals surface area contributed by atoms with Crippen molar-refractivity contribution < 1.29 is 34.0 Å². The summed E-state index contributed by atoms with van der Waals surface area (Å²) in [7, 11) is 0. The fraction of sp³-hybridized carbons (Fsp3) is 0.636. The Hall–Kier alpha value is -2.48. The molecule has 40 heavy (non-hydrogen) atoms. The zero-order valence-corrected chi connectivity index (χ0v) is 24.2. The minimum Gasteiger partial charge on any atom is -0.462 e. The number of carbonyl (C=O) groups excluding carboxylic acids is 2. The zero-order chi connectivity index (χ0) is 28.9. The molecule has 0 bridgehead atoms. The molecular weight excluding hydrogens is 508 g/mol. The summed E-state index contributed by atoms with van der Waals surface area (Å²) in [6, 6.07) is 9.29. The molecule has 1 saturated carbocycles. The summed E-state index contributed by atoms with van der Waals surface area (Å²) in [6.07, 6.45) is 11.7. The van der Waals surface area contributed by atoms with E-state index in [9.17, 15) is 9.59 Å². The van der Waals surface area contributed by atoms with Crippen LogP contribution in [0, 0.1) is 17.8 Å². The number of hydrogen-bond donors (Lipinski definition) is 2. The van der Waals surface area contributed by atoms with E-state index >= 15 is 0 Å². The molecule has 0 radical (unpaired) electrons. The Morgan fingerprint density at radius 3 is 2.00 bits per heavy atom. The maximum Gasteiger partial charge on any atom is 0.335 e. The molecule has 2 atom stereocenters. The molecule has 2 aliphatic rings. The standard InChI is InChI=1S/C33H48O7/c1-4-5-6-7-25-8-10-26(11-9-25)27-12-14-28(15-13-27)31-17-16-29(20-38-31)30(21-39-32(36)23(2)18-34)22-40-33(37)24(3)19-35/h8-11,27-31,34-35H,2-7,12-22H2,1H3. The van der Waals surface area contributed by atoms with Crippen molar-refractivity contribution in [3.8, 4) is 0 Å². The first kappa shape index (κ1) is 32.0. The van der Waals surface area contributed by atoms with Gasteiger partial charge in [-0.15, -0.1) is 0 Å². The molecule has 0 spiro atoms. The molecule has 1 aliphatic heterocycles. The molecule has 0 aromatic heterocycles. The summed E-state index contributed by atoms with van der Waals surface area (Å²) in [5.41, 5.74) is 2.85. The second-order valence-electron chi connectivity index (χ2n) is 11.5. The molecule has 1 heterocycles. The number of rotatable bonds is 15. The van der Waals surface area contributed by atoms with E-state index in [1.54, 1.807) is 0 Å². The zero-order valence-electron chi connectivity index (χ0n) is 24.2. The van der Waals surface area contributed by atoms with E-state index in [4.69, 9.17) is 24.4 Å². The van der Waals surface area contributed by atoms with Gasteiger partial charge in [-0.3, -0.25) is 0 Å². The predicted octanol–water partition coefficient (Wildman–Crippen LogP) is 5.29. The van der Waals surface area contributed by atoms with Crippen LogP contribution >= 0.6 is 0 Å². The van der Waals surface area contributed by atoms with Crippen LogP contribution in [0.25, 0.3) is 0 Å². The Morgan fingerprint density at radius 2 is 1.50 bits per heavy atom. The molecule has 7 nitrogen and oxygen atoms in total. The van der Waals surface area contributed by atoms with Crippen LogP contribution in [0.1, 0.15) is 81.8 Å². The van der Waals surface area contributed by atoms with Crippen LogP contribution in [0.15, 0.2) is 48.6 Å². The van der Waals surface area contributed by atoms with Gasteiger partial charge in [0.25, 0.3) is 0 Å². The highest BCUT2D eigenvalue weighted by Crippen LogP contribution is 2.41. The Balaban J connectivity index is 1.48. The first-order valence-electron chi connectivity index (χ1n) is 15.0. The molecular formula is C33H48O7. The Morgan fingerprint density at radius 1 is 0.900 bits per heavy atom. The quantitative estimate of drug-likeness (QED) is 0.172. The molecule has 1 aromatic rings. The summed E-state index contributed by atoms with van der Waals surface area (Å²) in [6.45, 7) is 8.85. The molecule has 222 valence electrons. The van der Waals surface area contributed by atoms with Crippen molar-refractivity contribution in [2.75, 3.05) is 33.0 Å². The summed E-state index contributed by atoms with van der Waals surface area (Å²) in [5.74, 6) is -0.401. The average Bonchev–Trinajstić information content (AvgIpc) is 3.00. The second kappa shape index (κ2) is 16.7. The summed E-state index contributed by atoms with van der Waals surface area (Å²) in [5, 5.41) is 18.3. The highest BCUT2D eigenvalue weighted by Gasteiger charge is 2.35. The van der Waals surface area contributed by atoms with Gasteiger partial charge in [0.05, 0.1) is 50.3 Å². The van der Waals surface area contributed by atoms with Crippen molar-refractivity contribution >= 4 is 11.9 Å². The average molecular weight is 557 g/mol. The molecule has 7 heteroatoms. The molecule has 2 unspecified atom stereocenters. The summed E-state index contributed by atoms with van der Waals surface area (Å²) >= 11 is 0. The third-order valence-electron chi connectivity index (χ3n) is 8.65. The van der Waals surface area contributed by atoms with E-state index in [0.29, 0.717) is 18.4 Å². The van der Waals surface area contributed by atoms with Crippen LogP contribution in [0.2, 0.25) is 0 Å². The smallest absolute Gasteiger partial charge is 0.335 e. The van der Waals surface area contributed by atoms with Gasteiger partial charge in [-0.2, -0.15) is 0 Å². The van der Waals surface area contributed by atoms with Crippen molar-refractivity contribution in [2.24, 2.45) is 17.8 Å². The van der Waals surface area contributed by atoms with E-state index in [2.05, 4.69) is 44.3 Å². The minimum atomic E-state index is -0.670. The van der Waals surface area contributed by atoms with Crippen LogP contribution in [0.5, 0.6) is 0 Å². The van der Waals surface area contributed by atoms with Gasteiger partial charge >= 0.3 is 11.9 Å². The third kappa shape index (κ3) is 9.57. The lowest BCUT2D eigenvalue weighted by Crippen LogP contribution is -2.39. The number of carbonyl (C=O) groups is 2. The highest BCUT2D eigenvalue weighted by atomic mass is 16.5. The van der Waals surface area contributed by atoms with Gasteiger partial charge < -0.3 is 24.4 Å². The molecule has 1 saturated heterocycles. The second-order valence-corrected chi connectivity index (χ2v) is 11.5. The van der Waals surface area contributed by atoms with Gasteiger partial charge in [0.15, 0.2) is 0 Å². The molecule has 0 amide bonds. The van der Waals surface area contributed by atoms with Gasteiger partial charge in [-0.25, -0.2) is 9.59 Å². The van der Waals surface area contributed by atoms with Gasteiger partial charge in [0, 0.05) is 5.92 Å². The van der Waals surface area contributed by atoms with Crippen molar-refractivity contribution in [2.45, 2.75) is 83.2 Å². The third-order valence-corrected chi connectivity index (χ3v) is 8.65. The van der Waals surface area contributed by atoms with Gasteiger partial charge in [-0.1, -0.05) is 57.2 Å². The normalized spacial score (nSPS) is 23.0. The number of aryl methyl sites for hydroxylation is 1. The molecule has 2 fully saturated rings. The van der Waals surface area contributed by atoms with Crippen LogP contribution < -0.4 is 0 Å². The first-order chi connectivity index (χ1) is 19.4. The molecule has 3 rings (SSSR count). The SMILES string of the molecule is C=C(CO)C(=O)OCC(COC(=O)C(=C)CO)C1CCC(C2CCC(c3ccc(CCCCC)cc3)CC2)OC1. The van der Waals surface area contributed by atoms with Gasteiger partial charge in [0.1, 0.15) is 0 Å². The van der Waals surface area contributed by atoms with E-state index in [1.165, 1.54) is 49.7 Å². The van der Waals surface area contributed by atoms with E-state index < -0.39 is 25.2 Å². The van der Waals surface area contributed by atoms with Crippen LogP contribution in [0.4, 0.5) is 0 Å². The number of aliphatic hydroxyl groups is 2. The number of benzene rings is 1. The van der Waals surface area contributed by atoms with Crippen molar-refractivity contribution in [1.82, 2.24) is 0 Å². The van der Waals surface area contributed by atoms with Crippen LogP contribution in [-0.4, -0.2) is 61.3 Å². The Bertz CT molecular complexity index is 922. The largest absolute Gasteiger partial charge is 0.462 e. The molecule has 1 aliphatic carbocycles. The Kier molecular flexibility index (Phi) is 13.4. The van der Waals surface area contributed by atoms with E-state index in [0.717, 1.165) is 25.7 Å². The number of ether oxygens (including phenoxy) is 3. The molecule has 2 N–H and O–H groups in total. The summed E-state index contributed by atoms with van der Waals surface area (Å²) < 4.78 is 17.1. The van der Waals surface area contributed by atoms with E-state index in [-0.39, 0.29) is 42.3 Å². The van der Waals surface area contributed by atoms with Crippen molar-refractivity contribution in [3.63, 3.8) is 0 Å². The maximum atomic E-state index is 12.0. The van der Waals surface area contributed by atoms with Crippen molar-refractivity contribution in [1.29, 1.82) is 0 Å². The predicted molar refractivity (Wildman–Crippen MR) is 155 cm³/mol. The van der Waals surface area contributed by atoms with Crippen LogP contribution in [0.3, 0.4) is 0 Å². The van der Waals surface area contributed by atoms with Crippen LogP contribution in [-0.2, 0) is 30.2 Å². The lowest BCUT2D eigenvalue weighted by molar-refractivity contribution is -0.149. The Labute approximate surface area is 239 Å². The fourth-order valence-corrected chi connectivity index (χ4v) is 5.91. The summed E-state index contributed by atoms with van der Waals surface area (Å²) in [4.78, 5) is 24.1. The first-order valence-corrected chi connectivity index (χ1v) is 15.0. The van der Waals surface area contributed by atoms with E-state index in [1.807, 2.05) is 0 Å². The lowest BCUT2D eigenvalue weighted by atomic mass is 9.74. The van der Waals surface area contributed by atoms with Gasteiger partial charge in [0.2, 0.25) is 0 Å². The number of aliphatic hydroxyl groups excluding tert-OH is 2. The maximum absolute atomic E-state index is 12.0. The molecule has 1 aromatic carbocycles.